The molecule has 0 aliphatic rings. The smallest absolute Gasteiger partial charge is 0.229 e. The first kappa shape index (κ1) is 15.1. The summed E-state index contributed by atoms with van der Waals surface area (Å²) in [5, 5.41) is 3.84. The van der Waals surface area contributed by atoms with Crippen LogP contribution in [-0.2, 0) is 10.0 Å². The Balaban J connectivity index is 2.95. The molecule has 0 spiro atoms. The van der Waals surface area contributed by atoms with Crippen LogP contribution in [0.1, 0.15) is 20.8 Å². The van der Waals surface area contributed by atoms with Crippen molar-refractivity contribution in [3.63, 3.8) is 0 Å². The zero-order valence-electron chi connectivity index (χ0n) is 11.0. The molecule has 4 nitrogen and oxygen atoms in total. The maximum Gasteiger partial charge on any atom is 0.229 e. The number of hydrogen-bond donors (Lipinski definition) is 2. The van der Waals surface area contributed by atoms with E-state index in [-0.39, 0.29) is 6.04 Å². The van der Waals surface area contributed by atoms with Crippen molar-refractivity contribution in [2.24, 2.45) is 5.92 Å². The van der Waals surface area contributed by atoms with Crippen LogP contribution in [0.25, 0.3) is 0 Å². The Bertz CT molecular complexity index is 515. The monoisotopic (exact) mass is 290 g/mol. The molecule has 6 heteroatoms. The fraction of sp³-hybridized carbons (Fsp3) is 0.500. The van der Waals surface area contributed by atoms with Crippen LogP contribution < -0.4 is 10.0 Å². The Hall–Kier alpha value is -0.940. The minimum Gasteiger partial charge on any atom is -0.381 e. The van der Waals surface area contributed by atoms with E-state index in [0.717, 1.165) is 11.9 Å². The van der Waals surface area contributed by atoms with E-state index in [4.69, 9.17) is 11.6 Å². The van der Waals surface area contributed by atoms with E-state index < -0.39 is 10.0 Å². The van der Waals surface area contributed by atoms with Gasteiger partial charge in [-0.1, -0.05) is 25.4 Å². The van der Waals surface area contributed by atoms with Gasteiger partial charge in [-0.2, -0.15) is 0 Å². The van der Waals surface area contributed by atoms with E-state index in [9.17, 15) is 8.42 Å². The lowest BCUT2D eigenvalue weighted by Gasteiger charge is -2.20. The molecule has 102 valence electrons. The molecule has 1 unspecified atom stereocenters. The lowest BCUT2D eigenvalue weighted by Crippen LogP contribution is -2.21. The molecule has 0 amide bonds. The van der Waals surface area contributed by atoms with Gasteiger partial charge < -0.3 is 5.32 Å². The molecule has 0 heterocycles. The molecule has 0 aliphatic carbocycles. The molecule has 18 heavy (non-hydrogen) atoms. The highest BCUT2D eigenvalue weighted by Crippen LogP contribution is 2.27. The molecule has 0 aliphatic heterocycles. The quantitative estimate of drug-likeness (QED) is 0.876. The van der Waals surface area contributed by atoms with Crippen molar-refractivity contribution in [1.29, 1.82) is 0 Å². The summed E-state index contributed by atoms with van der Waals surface area (Å²) >= 11 is 6.08. The van der Waals surface area contributed by atoms with Crippen molar-refractivity contribution >= 4 is 33.0 Å². The molecule has 2 N–H and O–H groups in total. The third-order valence-electron chi connectivity index (χ3n) is 2.65. The summed E-state index contributed by atoms with van der Waals surface area (Å²) in [6, 6.07) is 5.25. The lowest BCUT2D eigenvalue weighted by molar-refractivity contribution is 0.560. The predicted molar refractivity (Wildman–Crippen MR) is 77.8 cm³/mol. The van der Waals surface area contributed by atoms with Gasteiger partial charge in [0.25, 0.3) is 0 Å². The number of benzene rings is 1. The normalized spacial score (nSPS) is 13.4. The number of hydrogen-bond acceptors (Lipinski definition) is 3. The van der Waals surface area contributed by atoms with Crippen molar-refractivity contribution in [3.8, 4) is 0 Å². The number of halogens is 1. The second kappa shape index (κ2) is 5.80. The van der Waals surface area contributed by atoms with Gasteiger partial charge in [0.05, 0.1) is 22.7 Å². The molecule has 0 fully saturated rings. The molecular formula is C12H19ClN2O2S. The van der Waals surface area contributed by atoms with Gasteiger partial charge in [0, 0.05) is 6.04 Å². The van der Waals surface area contributed by atoms with Gasteiger partial charge in [-0.05, 0) is 31.0 Å². The van der Waals surface area contributed by atoms with Crippen molar-refractivity contribution in [2.45, 2.75) is 26.8 Å². The SMILES string of the molecule is CC(C)C(C)Nc1cc(NS(C)(=O)=O)ccc1Cl. The van der Waals surface area contributed by atoms with Crippen LogP contribution in [-0.4, -0.2) is 20.7 Å². The number of nitrogens with one attached hydrogen (secondary N) is 2. The van der Waals surface area contributed by atoms with Gasteiger partial charge in [-0.3, -0.25) is 4.72 Å². The van der Waals surface area contributed by atoms with E-state index >= 15 is 0 Å². The molecule has 1 atom stereocenters. The van der Waals surface area contributed by atoms with Crippen LogP contribution >= 0.6 is 11.6 Å². The van der Waals surface area contributed by atoms with E-state index in [1.165, 1.54) is 0 Å². The van der Waals surface area contributed by atoms with Crippen LogP contribution in [0.3, 0.4) is 0 Å². The van der Waals surface area contributed by atoms with Crippen LogP contribution in [0.4, 0.5) is 11.4 Å². The van der Waals surface area contributed by atoms with Gasteiger partial charge in [0.2, 0.25) is 10.0 Å². The summed E-state index contributed by atoms with van der Waals surface area (Å²) in [4.78, 5) is 0. The predicted octanol–water partition coefficient (Wildman–Crippen LogP) is 3.17. The zero-order chi connectivity index (χ0) is 13.9. The molecular weight excluding hydrogens is 272 g/mol. The average molecular weight is 291 g/mol. The van der Waals surface area contributed by atoms with Gasteiger partial charge in [0.1, 0.15) is 0 Å². The van der Waals surface area contributed by atoms with E-state index in [1.54, 1.807) is 18.2 Å². The first-order valence-corrected chi connectivity index (χ1v) is 8.00. The second-order valence-electron chi connectivity index (χ2n) is 4.75. The molecule has 0 radical (unpaired) electrons. The molecule has 0 bridgehead atoms. The summed E-state index contributed by atoms with van der Waals surface area (Å²) in [6.45, 7) is 6.26. The first-order chi connectivity index (χ1) is 8.19. The third-order valence-corrected chi connectivity index (χ3v) is 3.59. The minimum absolute atomic E-state index is 0.246. The highest BCUT2D eigenvalue weighted by atomic mass is 35.5. The summed E-state index contributed by atoms with van der Waals surface area (Å²) in [6.07, 6.45) is 1.12. The Morgan fingerprint density at radius 3 is 2.33 bits per heavy atom. The van der Waals surface area contributed by atoms with Crippen LogP contribution in [0.2, 0.25) is 5.02 Å². The Labute approximate surface area is 114 Å². The first-order valence-electron chi connectivity index (χ1n) is 5.73. The second-order valence-corrected chi connectivity index (χ2v) is 6.90. The van der Waals surface area contributed by atoms with Gasteiger partial charge in [-0.15, -0.1) is 0 Å². The molecule has 1 rings (SSSR count). The third kappa shape index (κ3) is 4.74. The van der Waals surface area contributed by atoms with Crippen molar-refractivity contribution in [3.05, 3.63) is 23.2 Å². The summed E-state index contributed by atoms with van der Waals surface area (Å²) in [7, 11) is -3.27. The van der Waals surface area contributed by atoms with Crippen LogP contribution in [0, 0.1) is 5.92 Å². The van der Waals surface area contributed by atoms with E-state index in [2.05, 4.69) is 30.8 Å². The molecule has 1 aromatic rings. The molecule has 0 saturated carbocycles. The summed E-state index contributed by atoms with van der Waals surface area (Å²) in [5.74, 6) is 0.451. The number of anilines is 2. The molecule has 0 aromatic heterocycles. The standard InChI is InChI=1S/C12H19ClN2O2S/c1-8(2)9(3)14-12-7-10(5-6-11(12)13)15-18(4,16)17/h5-9,14-15H,1-4H3. The van der Waals surface area contributed by atoms with Crippen LogP contribution in [0.5, 0.6) is 0 Å². The van der Waals surface area contributed by atoms with E-state index in [1.807, 2.05) is 0 Å². The molecule has 0 saturated heterocycles. The number of sulfonamides is 1. The van der Waals surface area contributed by atoms with Gasteiger partial charge in [0.15, 0.2) is 0 Å². The van der Waals surface area contributed by atoms with Crippen molar-refractivity contribution in [1.82, 2.24) is 0 Å². The Morgan fingerprint density at radius 2 is 1.83 bits per heavy atom. The van der Waals surface area contributed by atoms with E-state index in [0.29, 0.717) is 16.6 Å². The highest BCUT2D eigenvalue weighted by molar-refractivity contribution is 7.92. The summed E-state index contributed by atoms with van der Waals surface area (Å²) in [5.41, 5.74) is 1.23. The highest BCUT2D eigenvalue weighted by Gasteiger charge is 2.10. The maximum atomic E-state index is 11.2. The minimum atomic E-state index is -3.27. The van der Waals surface area contributed by atoms with Gasteiger partial charge >= 0.3 is 0 Å². The maximum absolute atomic E-state index is 11.2. The lowest BCUT2D eigenvalue weighted by atomic mass is 10.1. The molecule has 1 aromatic carbocycles. The average Bonchev–Trinajstić information content (AvgIpc) is 2.20. The van der Waals surface area contributed by atoms with Crippen molar-refractivity contribution < 1.29 is 8.42 Å². The fourth-order valence-corrected chi connectivity index (χ4v) is 2.05. The summed E-state index contributed by atoms with van der Waals surface area (Å²) < 4.78 is 24.8. The fourth-order valence-electron chi connectivity index (χ4n) is 1.33. The topological polar surface area (TPSA) is 58.2 Å². The Kier molecular flexibility index (Phi) is 4.87. The largest absolute Gasteiger partial charge is 0.381 e. The number of rotatable bonds is 5. The van der Waals surface area contributed by atoms with Gasteiger partial charge in [-0.25, -0.2) is 8.42 Å². The Morgan fingerprint density at radius 1 is 1.22 bits per heavy atom. The van der Waals surface area contributed by atoms with Crippen molar-refractivity contribution in [2.75, 3.05) is 16.3 Å². The van der Waals surface area contributed by atoms with Crippen LogP contribution in [0.15, 0.2) is 18.2 Å². The zero-order valence-corrected chi connectivity index (χ0v) is 12.6.